The molecule has 0 aliphatic rings. The molecule has 1 rings (SSSR count). The van der Waals surface area contributed by atoms with Gasteiger partial charge in [0.1, 0.15) is 0 Å². The quantitative estimate of drug-likeness (QED) is 0.745. The molecule has 0 atom stereocenters. The number of rotatable bonds is 3. The lowest BCUT2D eigenvalue weighted by atomic mass is 10.2. The van der Waals surface area contributed by atoms with Crippen LogP contribution < -0.4 is 0 Å². The van der Waals surface area contributed by atoms with E-state index in [1.54, 1.807) is 25.1 Å². The first-order chi connectivity index (χ1) is 6.10. The van der Waals surface area contributed by atoms with E-state index in [0.29, 0.717) is 4.90 Å². The van der Waals surface area contributed by atoms with E-state index in [9.17, 15) is 8.42 Å². The molecule has 0 aliphatic carbocycles. The minimum Gasteiger partial charge on any atom is -0.224 e. The Kier molecular flexibility index (Phi) is 3.09. The Morgan fingerprint density at radius 3 is 2.46 bits per heavy atom. The fourth-order valence-electron chi connectivity index (χ4n) is 1.13. The molecule has 2 nitrogen and oxygen atoms in total. The van der Waals surface area contributed by atoms with Crippen molar-refractivity contribution in [3.8, 4) is 0 Å². The molecular formula is C10H14O2S. The highest BCUT2D eigenvalue weighted by Gasteiger charge is 2.10. The second-order valence-electron chi connectivity index (χ2n) is 2.90. The summed E-state index contributed by atoms with van der Waals surface area (Å²) in [6.07, 6.45) is 0.868. The smallest absolute Gasteiger partial charge is 0.178 e. The van der Waals surface area contributed by atoms with Gasteiger partial charge in [-0.2, -0.15) is 0 Å². The minimum absolute atomic E-state index is 0.167. The maximum absolute atomic E-state index is 11.5. The first kappa shape index (κ1) is 10.3. The third-order valence-electron chi connectivity index (χ3n) is 2.05. The van der Waals surface area contributed by atoms with Gasteiger partial charge in [-0.25, -0.2) is 8.42 Å². The molecule has 1 aromatic carbocycles. The molecule has 0 bridgehead atoms. The number of aryl methyl sites for hydroxylation is 1. The fraction of sp³-hybridized carbons (Fsp3) is 0.400. The van der Waals surface area contributed by atoms with Crippen LogP contribution in [0.5, 0.6) is 0 Å². The highest BCUT2D eigenvalue weighted by molar-refractivity contribution is 7.91. The third-order valence-corrected chi connectivity index (χ3v) is 3.78. The lowest BCUT2D eigenvalue weighted by Gasteiger charge is -2.02. The van der Waals surface area contributed by atoms with E-state index in [1.165, 1.54) is 0 Å². The van der Waals surface area contributed by atoms with Crippen molar-refractivity contribution in [2.75, 3.05) is 5.75 Å². The standard InChI is InChI=1S/C10H14O2S/c1-3-9-6-5-7-10(8-9)13(11,12)4-2/h5-8H,3-4H2,1-2H3. The molecule has 0 radical (unpaired) electrons. The zero-order chi connectivity index (χ0) is 9.90. The molecule has 0 amide bonds. The van der Waals surface area contributed by atoms with E-state index in [-0.39, 0.29) is 5.75 Å². The van der Waals surface area contributed by atoms with Crippen LogP contribution in [0.4, 0.5) is 0 Å². The van der Waals surface area contributed by atoms with Gasteiger partial charge in [-0.15, -0.1) is 0 Å². The highest BCUT2D eigenvalue weighted by Crippen LogP contribution is 2.13. The summed E-state index contributed by atoms with van der Waals surface area (Å²) >= 11 is 0. The van der Waals surface area contributed by atoms with E-state index in [2.05, 4.69) is 0 Å². The van der Waals surface area contributed by atoms with Gasteiger partial charge in [0.15, 0.2) is 9.84 Å². The van der Waals surface area contributed by atoms with E-state index in [1.807, 2.05) is 13.0 Å². The zero-order valence-corrected chi connectivity index (χ0v) is 8.76. The number of sulfone groups is 1. The Hall–Kier alpha value is -0.830. The van der Waals surface area contributed by atoms with Gasteiger partial charge in [-0.3, -0.25) is 0 Å². The van der Waals surface area contributed by atoms with Crippen molar-refractivity contribution >= 4 is 9.84 Å². The van der Waals surface area contributed by atoms with E-state index >= 15 is 0 Å². The molecule has 0 aliphatic heterocycles. The lowest BCUT2D eigenvalue weighted by Crippen LogP contribution is -2.03. The van der Waals surface area contributed by atoms with Crippen LogP contribution in [0.1, 0.15) is 19.4 Å². The predicted octanol–water partition coefficient (Wildman–Crippen LogP) is 2.04. The van der Waals surface area contributed by atoms with Crippen molar-refractivity contribution in [1.29, 1.82) is 0 Å². The molecule has 0 N–H and O–H groups in total. The molecule has 3 heteroatoms. The Labute approximate surface area is 79.5 Å². The van der Waals surface area contributed by atoms with E-state index in [4.69, 9.17) is 0 Å². The Morgan fingerprint density at radius 2 is 1.92 bits per heavy atom. The van der Waals surface area contributed by atoms with Crippen molar-refractivity contribution in [3.05, 3.63) is 29.8 Å². The van der Waals surface area contributed by atoms with Crippen molar-refractivity contribution in [1.82, 2.24) is 0 Å². The van der Waals surface area contributed by atoms with E-state index in [0.717, 1.165) is 12.0 Å². The number of benzene rings is 1. The minimum atomic E-state index is -3.03. The maximum Gasteiger partial charge on any atom is 0.178 e. The molecule has 0 spiro atoms. The second kappa shape index (κ2) is 3.92. The van der Waals surface area contributed by atoms with Gasteiger partial charge in [0.05, 0.1) is 10.6 Å². The van der Waals surface area contributed by atoms with Crippen LogP contribution in [0, 0.1) is 0 Å². The summed E-state index contributed by atoms with van der Waals surface area (Å²) in [6.45, 7) is 3.67. The Balaban J connectivity index is 3.17. The van der Waals surface area contributed by atoms with Crippen LogP contribution in [0.15, 0.2) is 29.2 Å². The fourth-order valence-corrected chi connectivity index (χ4v) is 2.08. The zero-order valence-electron chi connectivity index (χ0n) is 7.95. The van der Waals surface area contributed by atoms with Gasteiger partial charge < -0.3 is 0 Å². The lowest BCUT2D eigenvalue weighted by molar-refractivity contribution is 0.597. The Bertz CT molecular complexity index is 380. The molecule has 0 aromatic heterocycles. The van der Waals surface area contributed by atoms with Gasteiger partial charge in [0.2, 0.25) is 0 Å². The number of hydrogen-bond acceptors (Lipinski definition) is 2. The van der Waals surface area contributed by atoms with Crippen LogP contribution in [-0.4, -0.2) is 14.2 Å². The second-order valence-corrected chi connectivity index (χ2v) is 5.18. The molecule has 13 heavy (non-hydrogen) atoms. The summed E-state index contributed by atoms with van der Waals surface area (Å²) in [5.41, 5.74) is 1.06. The first-order valence-corrected chi connectivity index (χ1v) is 6.07. The van der Waals surface area contributed by atoms with Gasteiger partial charge in [-0.05, 0) is 24.1 Å². The van der Waals surface area contributed by atoms with Crippen LogP contribution in [0.25, 0.3) is 0 Å². The van der Waals surface area contributed by atoms with Gasteiger partial charge >= 0.3 is 0 Å². The molecule has 0 heterocycles. The first-order valence-electron chi connectivity index (χ1n) is 4.42. The van der Waals surface area contributed by atoms with E-state index < -0.39 is 9.84 Å². The average Bonchev–Trinajstić information content (AvgIpc) is 2.18. The highest BCUT2D eigenvalue weighted by atomic mass is 32.2. The van der Waals surface area contributed by atoms with Crippen molar-refractivity contribution < 1.29 is 8.42 Å². The van der Waals surface area contributed by atoms with Crippen molar-refractivity contribution in [2.45, 2.75) is 25.2 Å². The predicted molar refractivity (Wildman–Crippen MR) is 53.5 cm³/mol. The SMILES string of the molecule is CCc1cccc(S(=O)(=O)CC)c1. The molecule has 72 valence electrons. The molecular weight excluding hydrogens is 184 g/mol. The van der Waals surface area contributed by atoms with Gasteiger partial charge in [-0.1, -0.05) is 26.0 Å². The summed E-state index contributed by atoms with van der Waals surface area (Å²) in [7, 11) is -3.03. The van der Waals surface area contributed by atoms with Gasteiger partial charge in [0.25, 0.3) is 0 Å². The Morgan fingerprint density at radius 1 is 1.23 bits per heavy atom. The van der Waals surface area contributed by atoms with Gasteiger partial charge in [0, 0.05) is 0 Å². The normalized spacial score (nSPS) is 11.5. The average molecular weight is 198 g/mol. The summed E-state index contributed by atoms with van der Waals surface area (Å²) < 4.78 is 22.9. The molecule has 0 saturated carbocycles. The summed E-state index contributed by atoms with van der Waals surface area (Å²) in [5, 5.41) is 0. The largest absolute Gasteiger partial charge is 0.224 e. The van der Waals surface area contributed by atoms with Crippen LogP contribution >= 0.6 is 0 Å². The molecule has 0 saturated heterocycles. The van der Waals surface area contributed by atoms with Crippen molar-refractivity contribution in [3.63, 3.8) is 0 Å². The summed E-state index contributed by atoms with van der Waals surface area (Å²) in [5.74, 6) is 0.167. The monoisotopic (exact) mass is 198 g/mol. The molecule has 0 unspecified atom stereocenters. The summed E-state index contributed by atoms with van der Waals surface area (Å²) in [6, 6.07) is 7.13. The van der Waals surface area contributed by atoms with Crippen LogP contribution in [-0.2, 0) is 16.3 Å². The maximum atomic E-state index is 11.5. The topological polar surface area (TPSA) is 34.1 Å². The number of hydrogen-bond donors (Lipinski definition) is 0. The van der Waals surface area contributed by atoms with Crippen molar-refractivity contribution in [2.24, 2.45) is 0 Å². The molecule has 1 aromatic rings. The van der Waals surface area contributed by atoms with Crippen LogP contribution in [0.2, 0.25) is 0 Å². The van der Waals surface area contributed by atoms with Crippen LogP contribution in [0.3, 0.4) is 0 Å². The summed E-state index contributed by atoms with van der Waals surface area (Å²) in [4.78, 5) is 0.439. The third kappa shape index (κ3) is 2.31. The molecule has 0 fully saturated rings.